The fraction of sp³-hybridized carbons (Fsp3) is 0.333. The van der Waals surface area contributed by atoms with Crippen LogP contribution >= 0.6 is 0 Å². The highest BCUT2D eigenvalue weighted by Crippen LogP contribution is 2.20. The highest BCUT2D eigenvalue weighted by atomic mass is 32.2. The van der Waals surface area contributed by atoms with Gasteiger partial charge in [0.2, 0.25) is 5.91 Å². The number of rotatable bonds is 10. The van der Waals surface area contributed by atoms with Crippen molar-refractivity contribution in [3.8, 4) is 0 Å². The summed E-state index contributed by atoms with van der Waals surface area (Å²) >= 11 is 0. The van der Waals surface area contributed by atoms with Gasteiger partial charge in [0.15, 0.2) is 0 Å². The van der Waals surface area contributed by atoms with Crippen molar-refractivity contribution in [2.45, 2.75) is 31.6 Å². The molecule has 0 saturated heterocycles. The number of esters is 1. The molecule has 0 aromatic heterocycles. The number of hydrogen-bond donors (Lipinski definition) is 2. The number of ether oxygens (including phenoxy) is 2. The molecule has 0 aliphatic carbocycles. The van der Waals surface area contributed by atoms with E-state index >= 15 is 0 Å². The largest absolute Gasteiger partial charge is 0.463 e. The van der Waals surface area contributed by atoms with E-state index in [1.54, 1.807) is 12.1 Å². The maximum absolute atomic E-state index is 12.6. The Bertz CT molecular complexity index is 987. The van der Waals surface area contributed by atoms with Crippen LogP contribution in [0.3, 0.4) is 0 Å². The Balaban J connectivity index is 1.91. The highest BCUT2D eigenvalue weighted by molar-refractivity contribution is 7.92. The summed E-state index contributed by atoms with van der Waals surface area (Å²) in [5.74, 6) is -0.858. The first-order chi connectivity index (χ1) is 14.2. The van der Waals surface area contributed by atoms with Gasteiger partial charge in [-0.25, -0.2) is 8.42 Å². The van der Waals surface area contributed by atoms with Crippen LogP contribution in [0, 0.1) is 13.8 Å². The van der Waals surface area contributed by atoms with E-state index < -0.39 is 16.0 Å². The number of carbonyl (C=O) groups excluding carboxylic acids is 2. The fourth-order valence-electron chi connectivity index (χ4n) is 2.49. The van der Waals surface area contributed by atoms with Gasteiger partial charge in [0.05, 0.1) is 17.9 Å². The van der Waals surface area contributed by atoms with Crippen molar-refractivity contribution in [2.75, 3.05) is 30.4 Å². The van der Waals surface area contributed by atoms with Crippen LogP contribution in [0.4, 0.5) is 11.4 Å². The zero-order chi connectivity index (χ0) is 22.1. The van der Waals surface area contributed by atoms with E-state index in [0.29, 0.717) is 18.0 Å². The standard InChI is InChI=1S/C21H26N2O6S/c1-15-4-5-18(14-16(15)2)23-30(26,27)19-8-6-17(7-9-19)22-20(24)10-11-21(25)29-13-12-28-3/h4-9,14,23H,10-13H2,1-3H3,(H,22,24). The number of amides is 1. The van der Waals surface area contributed by atoms with Gasteiger partial charge < -0.3 is 14.8 Å². The van der Waals surface area contributed by atoms with Crippen molar-refractivity contribution in [1.29, 1.82) is 0 Å². The summed E-state index contributed by atoms with van der Waals surface area (Å²) in [6, 6.07) is 11.1. The molecule has 2 rings (SSSR count). The van der Waals surface area contributed by atoms with E-state index in [9.17, 15) is 18.0 Å². The second kappa shape index (κ2) is 10.7. The minimum atomic E-state index is -3.75. The molecule has 0 unspecified atom stereocenters. The third kappa shape index (κ3) is 7.16. The van der Waals surface area contributed by atoms with Gasteiger partial charge in [-0.3, -0.25) is 14.3 Å². The van der Waals surface area contributed by atoms with Crippen molar-refractivity contribution in [3.05, 3.63) is 53.6 Å². The molecule has 0 atom stereocenters. The van der Waals surface area contributed by atoms with Gasteiger partial charge >= 0.3 is 5.97 Å². The van der Waals surface area contributed by atoms with Crippen molar-refractivity contribution in [1.82, 2.24) is 0 Å². The molecule has 1 amide bonds. The zero-order valence-corrected chi connectivity index (χ0v) is 18.0. The fourth-order valence-corrected chi connectivity index (χ4v) is 3.54. The predicted octanol–water partition coefficient (Wildman–Crippen LogP) is 3.01. The number of benzene rings is 2. The van der Waals surface area contributed by atoms with Gasteiger partial charge in [-0.15, -0.1) is 0 Å². The number of aryl methyl sites for hydroxylation is 2. The third-order valence-corrected chi connectivity index (χ3v) is 5.71. The Labute approximate surface area is 176 Å². The maximum Gasteiger partial charge on any atom is 0.306 e. The van der Waals surface area contributed by atoms with Crippen LogP contribution in [0.25, 0.3) is 0 Å². The normalized spacial score (nSPS) is 11.0. The quantitative estimate of drug-likeness (QED) is 0.439. The highest BCUT2D eigenvalue weighted by Gasteiger charge is 2.15. The smallest absolute Gasteiger partial charge is 0.306 e. The van der Waals surface area contributed by atoms with E-state index in [1.807, 2.05) is 19.9 Å². The van der Waals surface area contributed by atoms with Gasteiger partial charge in [0, 0.05) is 24.9 Å². The van der Waals surface area contributed by atoms with Crippen LogP contribution in [0.15, 0.2) is 47.4 Å². The Morgan fingerprint density at radius 3 is 2.20 bits per heavy atom. The predicted molar refractivity (Wildman–Crippen MR) is 114 cm³/mol. The Hall–Kier alpha value is -2.91. The molecule has 0 bridgehead atoms. The summed E-state index contributed by atoms with van der Waals surface area (Å²) in [4.78, 5) is 23.5. The van der Waals surface area contributed by atoms with Crippen LogP contribution in [0.1, 0.15) is 24.0 Å². The van der Waals surface area contributed by atoms with Crippen molar-refractivity contribution in [3.63, 3.8) is 0 Å². The molecule has 0 heterocycles. The molecule has 2 aromatic carbocycles. The van der Waals surface area contributed by atoms with Gasteiger partial charge in [0.1, 0.15) is 6.61 Å². The number of hydrogen-bond acceptors (Lipinski definition) is 6. The second-order valence-corrected chi connectivity index (χ2v) is 8.37. The minimum absolute atomic E-state index is 0.0415. The maximum atomic E-state index is 12.6. The average molecular weight is 435 g/mol. The van der Waals surface area contributed by atoms with E-state index in [1.165, 1.54) is 31.4 Å². The molecule has 0 aliphatic rings. The SMILES string of the molecule is COCCOC(=O)CCC(=O)Nc1ccc(S(=O)(=O)Nc2ccc(C)c(C)c2)cc1. The van der Waals surface area contributed by atoms with E-state index in [0.717, 1.165) is 11.1 Å². The summed E-state index contributed by atoms with van der Waals surface area (Å²) in [5.41, 5.74) is 2.96. The Kier molecular flexibility index (Phi) is 8.37. The molecule has 9 heteroatoms. The topological polar surface area (TPSA) is 111 Å². The van der Waals surface area contributed by atoms with Crippen LogP contribution < -0.4 is 10.0 Å². The lowest BCUT2D eigenvalue weighted by molar-refractivity contribution is -0.145. The third-order valence-electron chi connectivity index (χ3n) is 4.31. The number of methoxy groups -OCH3 is 1. The molecule has 2 N–H and O–H groups in total. The van der Waals surface area contributed by atoms with Gasteiger partial charge in [-0.05, 0) is 61.4 Å². The van der Waals surface area contributed by atoms with Gasteiger partial charge in [0.25, 0.3) is 10.0 Å². The van der Waals surface area contributed by atoms with Crippen LogP contribution in [-0.2, 0) is 29.1 Å². The summed E-state index contributed by atoms with van der Waals surface area (Å²) in [7, 11) is -2.26. The Morgan fingerprint density at radius 1 is 0.900 bits per heavy atom. The van der Waals surface area contributed by atoms with Crippen LogP contribution in [0.2, 0.25) is 0 Å². The molecule has 0 radical (unpaired) electrons. The number of nitrogens with one attached hydrogen (secondary N) is 2. The van der Waals surface area contributed by atoms with Gasteiger partial charge in [-0.1, -0.05) is 6.07 Å². The molecule has 0 saturated carbocycles. The van der Waals surface area contributed by atoms with Crippen molar-refractivity contribution in [2.24, 2.45) is 0 Å². The zero-order valence-electron chi connectivity index (χ0n) is 17.2. The molecule has 8 nitrogen and oxygen atoms in total. The van der Waals surface area contributed by atoms with E-state index in [-0.39, 0.29) is 30.3 Å². The molecule has 0 fully saturated rings. The molecular weight excluding hydrogens is 408 g/mol. The first kappa shape index (κ1) is 23.4. The molecule has 2 aromatic rings. The van der Waals surface area contributed by atoms with Gasteiger partial charge in [-0.2, -0.15) is 0 Å². The Morgan fingerprint density at radius 2 is 1.57 bits per heavy atom. The lowest BCUT2D eigenvalue weighted by atomic mass is 10.1. The second-order valence-electron chi connectivity index (χ2n) is 6.69. The lowest BCUT2D eigenvalue weighted by Crippen LogP contribution is -2.16. The first-order valence-corrected chi connectivity index (χ1v) is 10.8. The number of carbonyl (C=O) groups is 2. The van der Waals surface area contributed by atoms with Crippen molar-refractivity contribution < 1.29 is 27.5 Å². The van der Waals surface area contributed by atoms with E-state index in [2.05, 4.69) is 10.0 Å². The van der Waals surface area contributed by atoms with Crippen LogP contribution in [-0.4, -0.2) is 40.6 Å². The molecule has 30 heavy (non-hydrogen) atoms. The number of sulfonamides is 1. The average Bonchev–Trinajstić information content (AvgIpc) is 2.70. The summed E-state index contributed by atoms with van der Waals surface area (Å²) in [5, 5.41) is 2.62. The summed E-state index contributed by atoms with van der Waals surface area (Å²) in [6.45, 7) is 4.30. The van der Waals surface area contributed by atoms with Crippen molar-refractivity contribution >= 4 is 33.3 Å². The molecule has 0 aliphatic heterocycles. The first-order valence-electron chi connectivity index (χ1n) is 9.36. The monoisotopic (exact) mass is 434 g/mol. The van der Waals surface area contributed by atoms with Crippen LogP contribution in [0.5, 0.6) is 0 Å². The lowest BCUT2D eigenvalue weighted by Gasteiger charge is -2.11. The van der Waals surface area contributed by atoms with E-state index in [4.69, 9.17) is 9.47 Å². The molecule has 162 valence electrons. The summed E-state index contributed by atoms with van der Waals surface area (Å²) < 4.78 is 37.3. The molecule has 0 spiro atoms. The molecular formula is C21H26N2O6S. The summed E-state index contributed by atoms with van der Waals surface area (Å²) in [6.07, 6.45) is -0.0951. The number of anilines is 2. The minimum Gasteiger partial charge on any atom is -0.463 e.